The molecular weight excluding hydrogens is 407 g/mol. The molecule has 4 aliphatic rings. The van der Waals surface area contributed by atoms with E-state index in [0.29, 0.717) is 41.0 Å². The minimum absolute atomic E-state index is 0.370. The third-order valence-corrected chi connectivity index (χ3v) is 7.69. The molecular formula is C22H26F3N5O. The molecule has 2 aromatic rings. The SMILES string of the molecule is Nc1ncc(-c2cc([C@@H]3[C@@H]4CN(C5COC5)C[C@@H]43)n(CC3CCC3)n2)cc1C(F)(F)F. The molecule has 0 unspecified atom stereocenters. The van der Waals surface area contributed by atoms with Crippen LogP contribution in [0.25, 0.3) is 11.3 Å². The molecule has 0 spiro atoms. The summed E-state index contributed by atoms with van der Waals surface area (Å²) in [6, 6.07) is 3.63. The van der Waals surface area contributed by atoms with Gasteiger partial charge in [-0.2, -0.15) is 18.3 Å². The van der Waals surface area contributed by atoms with Crippen molar-refractivity contribution >= 4 is 5.82 Å². The average molecular weight is 433 g/mol. The van der Waals surface area contributed by atoms with E-state index in [1.165, 1.54) is 31.2 Å². The number of nitrogen functional groups attached to an aromatic ring is 1. The van der Waals surface area contributed by atoms with Crippen molar-refractivity contribution in [3.05, 3.63) is 29.6 Å². The van der Waals surface area contributed by atoms with E-state index in [0.717, 1.165) is 38.9 Å². The van der Waals surface area contributed by atoms with Crippen molar-refractivity contribution in [3.8, 4) is 11.3 Å². The summed E-state index contributed by atoms with van der Waals surface area (Å²) in [5.74, 6) is 1.79. The Morgan fingerprint density at radius 2 is 1.87 bits per heavy atom. The molecule has 2 saturated carbocycles. The van der Waals surface area contributed by atoms with Crippen LogP contribution in [-0.4, -0.2) is 52.0 Å². The maximum absolute atomic E-state index is 13.3. The number of rotatable bonds is 5. The largest absolute Gasteiger partial charge is 0.419 e. The highest BCUT2D eigenvalue weighted by Crippen LogP contribution is 2.59. The van der Waals surface area contributed by atoms with Crippen LogP contribution < -0.4 is 5.73 Å². The number of aromatic nitrogens is 3. The van der Waals surface area contributed by atoms with Gasteiger partial charge >= 0.3 is 6.18 Å². The first-order valence-corrected chi connectivity index (χ1v) is 11.1. The maximum atomic E-state index is 13.3. The molecule has 2 aromatic heterocycles. The van der Waals surface area contributed by atoms with E-state index in [2.05, 4.69) is 14.6 Å². The third kappa shape index (κ3) is 3.33. The van der Waals surface area contributed by atoms with Gasteiger partial charge in [-0.3, -0.25) is 9.58 Å². The Kier molecular flexibility index (Phi) is 4.37. The number of hydrogen-bond donors (Lipinski definition) is 1. The molecule has 31 heavy (non-hydrogen) atoms. The molecule has 9 heteroatoms. The van der Waals surface area contributed by atoms with Crippen molar-refractivity contribution in [1.29, 1.82) is 0 Å². The van der Waals surface area contributed by atoms with Gasteiger partial charge in [0.25, 0.3) is 0 Å². The van der Waals surface area contributed by atoms with Crippen LogP contribution in [0.1, 0.15) is 36.4 Å². The fourth-order valence-electron chi connectivity index (χ4n) is 5.48. The van der Waals surface area contributed by atoms with Crippen LogP contribution in [0.3, 0.4) is 0 Å². The quantitative estimate of drug-likeness (QED) is 0.783. The van der Waals surface area contributed by atoms with Crippen LogP contribution in [0.2, 0.25) is 0 Å². The summed E-state index contributed by atoms with van der Waals surface area (Å²) in [4.78, 5) is 6.33. The number of likely N-dealkylation sites (tertiary alicyclic amines) is 1. The Bertz CT molecular complexity index is 986. The molecule has 4 heterocycles. The summed E-state index contributed by atoms with van der Waals surface area (Å²) in [6.07, 6.45) is 0.508. The molecule has 0 bridgehead atoms. The van der Waals surface area contributed by atoms with Crippen molar-refractivity contribution in [2.45, 2.75) is 43.9 Å². The second-order valence-corrected chi connectivity index (χ2v) is 9.59. The normalized spacial score (nSPS) is 28.9. The van der Waals surface area contributed by atoms with Crippen molar-refractivity contribution in [1.82, 2.24) is 19.7 Å². The molecule has 6 rings (SSSR count). The van der Waals surface area contributed by atoms with Crippen LogP contribution >= 0.6 is 0 Å². The second-order valence-electron chi connectivity index (χ2n) is 9.59. The number of alkyl halides is 3. The fourth-order valence-corrected chi connectivity index (χ4v) is 5.48. The summed E-state index contributed by atoms with van der Waals surface area (Å²) in [7, 11) is 0. The van der Waals surface area contributed by atoms with E-state index >= 15 is 0 Å². The van der Waals surface area contributed by atoms with Gasteiger partial charge in [0.05, 0.1) is 30.5 Å². The number of nitrogens with zero attached hydrogens (tertiary/aromatic N) is 4. The Morgan fingerprint density at radius 3 is 2.45 bits per heavy atom. The van der Waals surface area contributed by atoms with Gasteiger partial charge in [0, 0.05) is 43.0 Å². The van der Waals surface area contributed by atoms with E-state index in [-0.39, 0.29) is 0 Å². The molecule has 3 atom stereocenters. The molecule has 166 valence electrons. The number of ether oxygens (including phenoxy) is 1. The molecule has 0 aromatic carbocycles. The number of pyridine rings is 1. The predicted molar refractivity (Wildman–Crippen MR) is 108 cm³/mol. The molecule has 2 aliphatic carbocycles. The average Bonchev–Trinajstić information content (AvgIpc) is 2.99. The van der Waals surface area contributed by atoms with Gasteiger partial charge in [-0.15, -0.1) is 0 Å². The Labute approximate surface area is 178 Å². The van der Waals surface area contributed by atoms with Gasteiger partial charge in [-0.25, -0.2) is 4.98 Å². The lowest BCUT2D eigenvalue weighted by Gasteiger charge is -2.36. The van der Waals surface area contributed by atoms with Gasteiger partial charge in [-0.1, -0.05) is 6.42 Å². The van der Waals surface area contributed by atoms with Gasteiger partial charge in [0.15, 0.2) is 0 Å². The monoisotopic (exact) mass is 433 g/mol. The molecule has 2 saturated heterocycles. The number of anilines is 1. The standard InChI is InChI=1S/C22H26F3N5O/c23-22(24,25)17-4-13(6-27-21(17)26)18-5-19(30(28-18)7-12-2-1-3-12)20-15-8-29(9-16(15)20)14-10-31-11-14/h4-6,12,14-16,20H,1-3,7-11H2,(H2,26,27)/t15-,16+,20-. The minimum atomic E-state index is -4.54. The molecule has 0 radical (unpaired) electrons. The third-order valence-electron chi connectivity index (χ3n) is 7.69. The Hall–Kier alpha value is -2.13. The maximum Gasteiger partial charge on any atom is 0.419 e. The summed E-state index contributed by atoms with van der Waals surface area (Å²) in [6.45, 7) is 4.67. The van der Waals surface area contributed by atoms with Gasteiger partial charge < -0.3 is 10.5 Å². The first-order chi connectivity index (χ1) is 14.9. The van der Waals surface area contributed by atoms with Crippen molar-refractivity contribution in [3.63, 3.8) is 0 Å². The zero-order valence-electron chi connectivity index (χ0n) is 17.2. The summed E-state index contributed by atoms with van der Waals surface area (Å²) in [5.41, 5.74) is 6.68. The zero-order chi connectivity index (χ0) is 21.3. The Morgan fingerprint density at radius 1 is 1.13 bits per heavy atom. The fraction of sp³-hybridized carbons (Fsp3) is 0.636. The van der Waals surface area contributed by atoms with Crippen LogP contribution in [0.15, 0.2) is 18.3 Å². The highest BCUT2D eigenvalue weighted by atomic mass is 19.4. The van der Waals surface area contributed by atoms with E-state index in [9.17, 15) is 13.2 Å². The Balaban J connectivity index is 1.29. The molecule has 2 aliphatic heterocycles. The predicted octanol–water partition coefficient (Wildman–Crippen LogP) is 3.39. The molecule has 2 N–H and O–H groups in total. The number of hydrogen-bond acceptors (Lipinski definition) is 5. The van der Waals surface area contributed by atoms with Crippen LogP contribution in [0, 0.1) is 17.8 Å². The first kappa shape index (κ1) is 19.5. The summed E-state index contributed by atoms with van der Waals surface area (Å²) >= 11 is 0. The van der Waals surface area contributed by atoms with Gasteiger partial charge in [-0.05, 0) is 42.7 Å². The lowest BCUT2D eigenvalue weighted by atomic mass is 9.85. The smallest absolute Gasteiger partial charge is 0.383 e. The van der Waals surface area contributed by atoms with Gasteiger partial charge in [0.2, 0.25) is 0 Å². The van der Waals surface area contributed by atoms with Crippen molar-refractivity contribution < 1.29 is 17.9 Å². The highest BCUT2D eigenvalue weighted by Gasteiger charge is 2.58. The van der Waals surface area contributed by atoms with Crippen LogP contribution in [-0.2, 0) is 17.5 Å². The topological polar surface area (TPSA) is 69.2 Å². The molecule has 6 nitrogen and oxygen atoms in total. The first-order valence-electron chi connectivity index (χ1n) is 11.1. The second kappa shape index (κ2) is 6.93. The summed E-state index contributed by atoms with van der Waals surface area (Å²) < 4.78 is 47.4. The van der Waals surface area contributed by atoms with Crippen LogP contribution in [0.5, 0.6) is 0 Å². The number of fused-ring (bicyclic) bond motifs is 1. The van der Waals surface area contributed by atoms with E-state index in [1.807, 2.05) is 6.07 Å². The molecule has 4 fully saturated rings. The van der Waals surface area contributed by atoms with Crippen molar-refractivity contribution in [2.24, 2.45) is 17.8 Å². The lowest BCUT2D eigenvalue weighted by molar-refractivity contribution is -0.137. The van der Waals surface area contributed by atoms with E-state index < -0.39 is 17.6 Å². The number of nitrogens with two attached hydrogens (primary N) is 1. The van der Waals surface area contributed by atoms with Crippen molar-refractivity contribution in [2.75, 3.05) is 32.0 Å². The van der Waals surface area contributed by atoms with E-state index in [1.54, 1.807) is 0 Å². The number of piperidine rings is 1. The zero-order valence-corrected chi connectivity index (χ0v) is 17.2. The van der Waals surface area contributed by atoms with E-state index in [4.69, 9.17) is 15.6 Å². The minimum Gasteiger partial charge on any atom is -0.383 e. The van der Waals surface area contributed by atoms with Gasteiger partial charge in [0.1, 0.15) is 5.82 Å². The highest BCUT2D eigenvalue weighted by molar-refractivity contribution is 5.63. The number of halogens is 3. The molecule has 0 amide bonds. The lowest BCUT2D eigenvalue weighted by Crippen LogP contribution is -2.48. The summed E-state index contributed by atoms with van der Waals surface area (Å²) in [5, 5.41) is 4.76. The van der Waals surface area contributed by atoms with Crippen LogP contribution in [0.4, 0.5) is 19.0 Å².